The summed E-state index contributed by atoms with van der Waals surface area (Å²) in [7, 11) is 1.44. The summed E-state index contributed by atoms with van der Waals surface area (Å²) in [6.07, 6.45) is 2.73. The van der Waals surface area contributed by atoms with E-state index >= 15 is 0 Å². The summed E-state index contributed by atoms with van der Waals surface area (Å²) >= 11 is 13.8. The first-order valence-corrected chi connectivity index (χ1v) is 10.9. The van der Waals surface area contributed by atoms with Gasteiger partial charge in [-0.2, -0.15) is 0 Å². The highest BCUT2D eigenvalue weighted by Gasteiger charge is 2.46. The molecule has 1 aromatic carbocycles. The topological polar surface area (TPSA) is 66.8 Å². The van der Waals surface area contributed by atoms with Gasteiger partial charge in [0.2, 0.25) is 0 Å². The number of likely N-dealkylation sites (tertiary alicyclic amines) is 1. The number of carbonyl (C=O) groups is 2. The maximum Gasteiger partial charge on any atom is 0.295 e. The van der Waals surface area contributed by atoms with E-state index in [1.807, 2.05) is 17.5 Å². The highest BCUT2D eigenvalue weighted by molar-refractivity contribution is 7.10. The van der Waals surface area contributed by atoms with Gasteiger partial charge in [0, 0.05) is 17.0 Å². The molecule has 1 unspecified atom stereocenters. The molecule has 5 nitrogen and oxygen atoms in total. The number of aliphatic hydroxyl groups excluding tert-OH is 1. The Morgan fingerprint density at radius 2 is 1.93 bits per heavy atom. The Morgan fingerprint density at radius 3 is 2.48 bits per heavy atom. The number of hydrogen-bond donors (Lipinski definition) is 1. The molecular weight excluding hydrogens is 433 g/mol. The lowest BCUT2D eigenvalue weighted by Gasteiger charge is -2.24. The first-order chi connectivity index (χ1) is 13.9. The van der Waals surface area contributed by atoms with E-state index in [1.165, 1.54) is 30.6 Å². The lowest BCUT2D eigenvalue weighted by Crippen LogP contribution is -2.30. The SMILES string of the molecule is CCCCCN1C(=O)C(=O)/C(=C(\O)c2cc(Cl)c(OC)c(Cl)c2)C1c1cccs1. The molecule has 0 aliphatic carbocycles. The molecule has 2 aromatic rings. The van der Waals surface area contributed by atoms with Gasteiger partial charge in [0.15, 0.2) is 5.75 Å². The Labute approximate surface area is 183 Å². The predicted molar refractivity (Wildman–Crippen MR) is 116 cm³/mol. The molecule has 8 heteroatoms. The molecule has 0 spiro atoms. The Hall–Kier alpha value is -2.02. The molecule has 1 atom stereocenters. The summed E-state index contributed by atoms with van der Waals surface area (Å²) in [5.74, 6) is -1.34. The molecule has 0 bridgehead atoms. The fraction of sp³-hybridized carbons (Fsp3) is 0.333. The minimum atomic E-state index is -0.708. The standard InChI is InChI=1S/C21H21Cl2NO4S/c1-3-4-5-8-24-17(15-7-6-9-29-15)16(19(26)21(24)27)18(25)12-10-13(22)20(28-2)14(23)11-12/h6-7,9-11,17,25H,3-5,8H2,1-2H3/b18-16-. The molecular formula is C21H21Cl2NO4S. The highest BCUT2D eigenvalue weighted by atomic mass is 35.5. The second kappa shape index (κ2) is 9.20. The van der Waals surface area contributed by atoms with Gasteiger partial charge in [0.05, 0.1) is 28.8 Å². The van der Waals surface area contributed by atoms with E-state index < -0.39 is 17.7 Å². The van der Waals surface area contributed by atoms with Crippen molar-refractivity contribution in [2.45, 2.75) is 32.2 Å². The minimum Gasteiger partial charge on any atom is -0.507 e. The van der Waals surface area contributed by atoms with Crippen LogP contribution < -0.4 is 4.74 Å². The Morgan fingerprint density at radius 1 is 1.24 bits per heavy atom. The van der Waals surface area contributed by atoms with Gasteiger partial charge >= 0.3 is 0 Å². The first kappa shape index (κ1) is 21.7. The van der Waals surface area contributed by atoms with Crippen LogP contribution in [0.3, 0.4) is 0 Å². The molecule has 3 rings (SSSR count). The summed E-state index contributed by atoms with van der Waals surface area (Å²) < 4.78 is 5.14. The summed E-state index contributed by atoms with van der Waals surface area (Å²) in [5.41, 5.74) is 0.306. The molecule has 1 aliphatic rings. The largest absolute Gasteiger partial charge is 0.507 e. The number of aliphatic hydroxyl groups is 1. The van der Waals surface area contributed by atoms with Gasteiger partial charge in [-0.1, -0.05) is 49.0 Å². The molecule has 0 saturated carbocycles. The highest BCUT2D eigenvalue weighted by Crippen LogP contribution is 2.43. The quantitative estimate of drug-likeness (QED) is 0.253. The second-order valence-corrected chi connectivity index (χ2v) is 8.48. The summed E-state index contributed by atoms with van der Waals surface area (Å²) in [6, 6.07) is 6.02. The van der Waals surface area contributed by atoms with Crippen LogP contribution in [0.1, 0.15) is 42.7 Å². The zero-order chi connectivity index (χ0) is 21.1. The normalized spacial score (nSPS) is 18.5. The van der Waals surface area contributed by atoms with Crippen molar-refractivity contribution in [2.24, 2.45) is 0 Å². The molecule has 1 aromatic heterocycles. The lowest BCUT2D eigenvalue weighted by atomic mass is 9.99. The van der Waals surface area contributed by atoms with Crippen molar-refractivity contribution in [3.8, 4) is 5.75 Å². The molecule has 29 heavy (non-hydrogen) atoms. The number of ether oxygens (including phenoxy) is 1. The molecule has 1 aliphatic heterocycles. The maximum absolute atomic E-state index is 12.9. The van der Waals surface area contributed by atoms with Gasteiger partial charge in [0.1, 0.15) is 5.76 Å². The molecule has 1 amide bonds. The molecule has 154 valence electrons. The van der Waals surface area contributed by atoms with Crippen LogP contribution >= 0.6 is 34.5 Å². The zero-order valence-electron chi connectivity index (χ0n) is 16.1. The fourth-order valence-electron chi connectivity index (χ4n) is 3.43. The molecule has 1 fully saturated rings. The average Bonchev–Trinajstić information content (AvgIpc) is 3.30. The smallest absolute Gasteiger partial charge is 0.295 e. The van der Waals surface area contributed by atoms with Crippen molar-refractivity contribution < 1.29 is 19.4 Å². The van der Waals surface area contributed by atoms with Crippen LogP contribution in [0.2, 0.25) is 10.0 Å². The van der Waals surface area contributed by atoms with Crippen LogP contribution in [0.25, 0.3) is 5.76 Å². The van der Waals surface area contributed by atoms with E-state index in [4.69, 9.17) is 27.9 Å². The molecule has 1 N–H and O–H groups in total. The third-order valence-electron chi connectivity index (χ3n) is 4.83. The summed E-state index contributed by atoms with van der Waals surface area (Å²) in [4.78, 5) is 28.0. The van der Waals surface area contributed by atoms with E-state index in [9.17, 15) is 14.7 Å². The number of hydrogen-bond acceptors (Lipinski definition) is 5. The van der Waals surface area contributed by atoms with Crippen molar-refractivity contribution in [1.82, 2.24) is 4.90 Å². The van der Waals surface area contributed by atoms with E-state index in [2.05, 4.69) is 6.92 Å². The number of Topliss-reactive ketones (excluding diaryl/α,β-unsaturated/α-hetero) is 1. The third kappa shape index (κ3) is 4.15. The van der Waals surface area contributed by atoms with Gasteiger partial charge < -0.3 is 14.7 Å². The third-order valence-corrected chi connectivity index (χ3v) is 6.32. The number of carbonyl (C=O) groups excluding carboxylic acids is 2. The lowest BCUT2D eigenvalue weighted by molar-refractivity contribution is -0.139. The maximum atomic E-state index is 12.9. The number of nitrogens with zero attached hydrogens (tertiary/aromatic N) is 1. The summed E-state index contributed by atoms with van der Waals surface area (Å²) in [5, 5.41) is 13.3. The number of benzene rings is 1. The first-order valence-electron chi connectivity index (χ1n) is 9.25. The van der Waals surface area contributed by atoms with E-state index in [-0.39, 0.29) is 32.7 Å². The number of thiophene rings is 1. The number of methoxy groups -OCH3 is 1. The zero-order valence-corrected chi connectivity index (χ0v) is 18.4. The van der Waals surface area contributed by atoms with Crippen LogP contribution in [0.5, 0.6) is 5.75 Å². The van der Waals surface area contributed by atoms with Crippen molar-refractivity contribution >= 4 is 52.0 Å². The molecule has 2 heterocycles. The second-order valence-electron chi connectivity index (χ2n) is 6.69. The van der Waals surface area contributed by atoms with Gasteiger partial charge in [-0.25, -0.2) is 0 Å². The minimum absolute atomic E-state index is 0.0475. The van der Waals surface area contributed by atoms with E-state index in [0.29, 0.717) is 6.54 Å². The Bertz CT molecular complexity index is 933. The number of rotatable bonds is 7. The van der Waals surface area contributed by atoms with Crippen LogP contribution in [0.15, 0.2) is 35.2 Å². The van der Waals surface area contributed by atoms with E-state index in [1.54, 1.807) is 4.90 Å². The van der Waals surface area contributed by atoms with Crippen LogP contribution in [0.4, 0.5) is 0 Å². The van der Waals surface area contributed by atoms with Gasteiger partial charge in [-0.05, 0) is 30.0 Å². The number of halogens is 2. The van der Waals surface area contributed by atoms with Crippen molar-refractivity contribution in [3.63, 3.8) is 0 Å². The number of amides is 1. The van der Waals surface area contributed by atoms with Crippen LogP contribution in [-0.2, 0) is 9.59 Å². The van der Waals surface area contributed by atoms with Gasteiger partial charge in [-0.15, -0.1) is 11.3 Å². The van der Waals surface area contributed by atoms with Crippen LogP contribution in [0, 0.1) is 0 Å². The van der Waals surface area contributed by atoms with Gasteiger partial charge in [-0.3, -0.25) is 9.59 Å². The Balaban J connectivity index is 2.12. The van der Waals surface area contributed by atoms with E-state index in [0.717, 1.165) is 24.1 Å². The number of ketones is 1. The van der Waals surface area contributed by atoms with Crippen molar-refractivity contribution in [1.29, 1.82) is 0 Å². The van der Waals surface area contributed by atoms with Crippen LogP contribution in [-0.4, -0.2) is 35.4 Å². The average molecular weight is 454 g/mol. The van der Waals surface area contributed by atoms with Gasteiger partial charge in [0.25, 0.3) is 11.7 Å². The molecule has 0 radical (unpaired) electrons. The summed E-state index contributed by atoms with van der Waals surface area (Å²) in [6.45, 7) is 2.52. The van der Waals surface area contributed by atoms with Crippen molar-refractivity contribution in [3.05, 3.63) is 55.7 Å². The van der Waals surface area contributed by atoms with Crippen molar-refractivity contribution in [2.75, 3.05) is 13.7 Å². The predicted octanol–water partition coefficient (Wildman–Crippen LogP) is 5.68. The molecule has 1 saturated heterocycles. The number of unbranched alkanes of at least 4 members (excludes halogenated alkanes) is 2. The Kier molecular flexibility index (Phi) is 6.88. The monoisotopic (exact) mass is 453 g/mol. The fourth-order valence-corrected chi connectivity index (χ4v) is 4.92.